The first kappa shape index (κ1) is 14.7. The van der Waals surface area contributed by atoms with Crippen molar-refractivity contribution in [1.29, 1.82) is 0 Å². The summed E-state index contributed by atoms with van der Waals surface area (Å²) in [7, 11) is 0. The number of H-pyrrole nitrogens is 1. The number of carbonyl (C=O) groups is 1. The van der Waals surface area contributed by atoms with Gasteiger partial charge in [0, 0.05) is 18.7 Å². The van der Waals surface area contributed by atoms with Gasteiger partial charge in [-0.1, -0.05) is 30.3 Å². The Morgan fingerprint density at radius 2 is 1.90 bits per heavy atom. The van der Waals surface area contributed by atoms with Gasteiger partial charge in [0.1, 0.15) is 6.54 Å². The lowest BCUT2D eigenvalue weighted by molar-refractivity contribution is -0.122. The molecule has 0 bridgehead atoms. The zero-order valence-corrected chi connectivity index (χ0v) is 11.2. The monoisotopic (exact) mass is 289 g/mol. The number of hydrogen-bond acceptors (Lipinski definition) is 4. The van der Waals surface area contributed by atoms with Crippen LogP contribution in [0, 0.1) is 0 Å². The molecule has 0 aliphatic rings. The zero-order chi connectivity index (χ0) is 15.2. The Balaban J connectivity index is 1.92. The summed E-state index contributed by atoms with van der Waals surface area (Å²) in [6.45, 7) is -0.287. The van der Waals surface area contributed by atoms with Gasteiger partial charge in [-0.05, 0) is 5.56 Å². The molecular weight excluding hydrogens is 274 g/mol. The smallest absolute Gasteiger partial charge is 0.265 e. The van der Waals surface area contributed by atoms with Crippen molar-refractivity contribution in [3.8, 4) is 0 Å². The maximum absolute atomic E-state index is 11.7. The lowest BCUT2D eigenvalue weighted by atomic mass is 10.1. The quantitative estimate of drug-likeness (QED) is 0.682. The Morgan fingerprint density at radius 3 is 2.62 bits per heavy atom. The van der Waals surface area contributed by atoms with Gasteiger partial charge in [-0.3, -0.25) is 19.5 Å². The lowest BCUT2D eigenvalue weighted by Gasteiger charge is -2.12. The highest BCUT2D eigenvalue weighted by Crippen LogP contribution is 2.10. The molecule has 7 nitrogen and oxygen atoms in total. The number of rotatable bonds is 5. The summed E-state index contributed by atoms with van der Waals surface area (Å²) >= 11 is 0. The maximum Gasteiger partial charge on any atom is 0.265 e. The first-order chi connectivity index (χ1) is 10.1. The van der Waals surface area contributed by atoms with E-state index in [9.17, 15) is 19.5 Å². The average Bonchev–Trinajstić information content (AvgIpc) is 2.49. The number of amides is 1. The van der Waals surface area contributed by atoms with Crippen LogP contribution in [0.3, 0.4) is 0 Å². The molecule has 0 radical (unpaired) electrons. The van der Waals surface area contributed by atoms with Gasteiger partial charge in [-0.25, -0.2) is 4.68 Å². The van der Waals surface area contributed by atoms with Crippen molar-refractivity contribution >= 4 is 5.91 Å². The van der Waals surface area contributed by atoms with Crippen molar-refractivity contribution in [2.24, 2.45) is 0 Å². The molecule has 1 aromatic heterocycles. The molecule has 0 saturated heterocycles. The molecule has 1 amide bonds. The van der Waals surface area contributed by atoms with Gasteiger partial charge in [0.25, 0.3) is 11.1 Å². The molecule has 0 spiro atoms. The van der Waals surface area contributed by atoms with E-state index in [-0.39, 0.29) is 13.1 Å². The van der Waals surface area contributed by atoms with Crippen LogP contribution >= 0.6 is 0 Å². The van der Waals surface area contributed by atoms with Crippen molar-refractivity contribution in [2.45, 2.75) is 12.6 Å². The van der Waals surface area contributed by atoms with E-state index in [0.717, 1.165) is 16.8 Å². The molecule has 1 atom stereocenters. The minimum absolute atomic E-state index is 0.0225. The Kier molecular flexibility index (Phi) is 4.68. The van der Waals surface area contributed by atoms with Crippen molar-refractivity contribution in [3.05, 3.63) is 68.7 Å². The van der Waals surface area contributed by atoms with E-state index in [1.165, 1.54) is 0 Å². The topological polar surface area (TPSA) is 104 Å². The summed E-state index contributed by atoms with van der Waals surface area (Å²) in [6.07, 6.45) is -0.832. The van der Waals surface area contributed by atoms with E-state index in [4.69, 9.17) is 0 Å². The third-order valence-electron chi connectivity index (χ3n) is 2.87. The number of nitrogens with zero attached hydrogens (tertiary/aromatic N) is 1. The maximum atomic E-state index is 11.7. The highest BCUT2D eigenvalue weighted by atomic mass is 16.3. The number of aliphatic hydroxyl groups excluding tert-OH is 1. The molecule has 0 aliphatic heterocycles. The van der Waals surface area contributed by atoms with Crippen molar-refractivity contribution in [3.63, 3.8) is 0 Å². The molecule has 7 heteroatoms. The average molecular weight is 289 g/mol. The standard InChI is InChI=1S/C14H15N3O4/c18-11(10-4-2-1-3-5-10)8-15-13(20)9-17-14(21)7-6-12(19)16-17/h1-7,11,18H,8-9H2,(H,15,20)(H,16,19). The van der Waals surface area contributed by atoms with Gasteiger partial charge in [0.2, 0.25) is 5.91 Å². The zero-order valence-electron chi connectivity index (χ0n) is 11.2. The third kappa shape index (κ3) is 4.15. The van der Waals surface area contributed by atoms with Crippen LogP contribution in [-0.2, 0) is 11.3 Å². The summed E-state index contributed by atoms with van der Waals surface area (Å²) in [6, 6.07) is 11.1. The summed E-state index contributed by atoms with van der Waals surface area (Å²) in [5.41, 5.74) is -0.261. The third-order valence-corrected chi connectivity index (χ3v) is 2.87. The minimum atomic E-state index is -0.832. The summed E-state index contributed by atoms with van der Waals surface area (Å²) < 4.78 is 0.909. The molecule has 21 heavy (non-hydrogen) atoms. The Hall–Kier alpha value is -2.67. The molecule has 2 aromatic rings. The fourth-order valence-electron chi connectivity index (χ4n) is 1.78. The fraction of sp³-hybridized carbons (Fsp3) is 0.214. The van der Waals surface area contributed by atoms with Crippen LogP contribution in [0.4, 0.5) is 0 Å². The van der Waals surface area contributed by atoms with Crippen LogP contribution in [-0.4, -0.2) is 27.3 Å². The molecule has 0 aliphatic carbocycles. The number of aromatic amines is 1. The van der Waals surface area contributed by atoms with Gasteiger partial charge in [0.05, 0.1) is 6.10 Å². The van der Waals surface area contributed by atoms with Crippen molar-refractivity contribution < 1.29 is 9.90 Å². The molecular formula is C14H15N3O4. The first-order valence-electron chi connectivity index (χ1n) is 6.36. The van der Waals surface area contributed by atoms with E-state index in [1.54, 1.807) is 24.3 Å². The predicted molar refractivity (Wildman–Crippen MR) is 75.7 cm³/mol. The molecule has 1 aromatic carbocycles. The van der Waals surface area contributed by atoms with Gasteiger partial charge in [0.15, 0.2) is 0 Å². The largest absolute Gasteiger partial charge is 0.387 e. The molecule has 0 saturated carbocycles. The second kappa shape index (κ2) is 6.67. The SMILES string of the molecule is O=C(Cn1[nH]c(=O)ccc1=O)NCC(O)c1ccccc1. The van der Waals surface area contributed by atoms with E-state index >= 15 is 0 Å². The van der Waals surface area contributed by atoms with E-state index in [2.05, 4.69) is 10.4 Å². The highest BCUT2D eigenvalue weighted by Gasteiger charge is 2.10. The van der Waals surface area contributed by atoms with Crippen LogP contribution in [0.1, 0.15) is 11.7 Å². The fourth-order valence-corrected chi connectivity index (χ4v) is 1.78. The van der Waals surface area contributed by atoms with Crippen LogP contribution < -0.4 is 16.4 Å². The number of hydrogen-bond donors (Lipinski definition) is 3. The number of nitrogens with one attached hydrogen (secondary N) is 2. The molecule has 1 heterocycles. The molecule has 0 fully saturated rings. The highest BCUT2D eigenvalue weighted by molar-refractivity contribution is 5.75. The minimum Gasteiger partial charge on any atom is -0.387 e. The second-order valence-electron chi connectivity index (χ2n) is 4.46. The summed E-state index contributed by atoms with van der Waals surface area (Å²) in [4.78, 5) is 34.2. The van der Waals surface area contributed by atoms with Crippen LogP contribution in [0.2, 0.25) is 0 Å². The van der Waals surface area contributed by atoms with E-state index in [1.807, 2.05) is 6.07 Å². The number of benzene rings is 1. The number of aromatic nitrogens is 2. The first-order valence-corrected chi connectivity index (χ1v) is 6.36. The van der Waals surface area contributed by atoms with Gasteiger partial charge in [-0.15, -0.1) is 0 Å². The Labute approximate surface area is 119 Å². The molecule has 1 unspecified atom stereocenters. The molecule has 3 N–H and O–H groups in total. The summed E-state index contributed by atoms with van der Waals surface area (Å²) in [5.74, 6) is -0.478. The van der Waals surface area contributed by atoms with Crippen molar-refractivity contribution in [2.75, 3.05) is 6.54 Å². The predicted octanol–water partition coefficient (Wildman–Crippen LogP) is -0.614. The van der Waals surface area contributed by atoms with Crippen LogP contribution in [0.5, 0.6) is 0 Å². The summed E-state index contributed by atoms with van der Waals surface area (Å²) in [5, 5.41) is 14.6. The normalized spacial score (nSPS) is 11.9. The van der Waals surface area contributed by atoms with Gasteiger partial charge >= 0.3 is 0 Å². The molecule has 2 rings (SSSR count). The van der Waals surface area contributed by atoms with Gasteiger partial charge < -0.3 is 10.4 Å². The van der Waals surface area contributed by atoms with Gasteiger partial charge in [-0.2, -0.15) is 0 Å². The van der Waals surface area contributed by atoms with Crippen molar-refractivity contribution in [1.82, 2.24) is 15.1 Å². The van der Waals surface area contributed by atoms with E-state index < -0.39 is 23.1 Å². The van der Waals surface area contributed by atoms with Crippen LogP contribution in [0.25, 0.3) is 0 Å². The van der Waals surface area contributed by atoms with Crippen LogP contribution in [0.15, 0.2) is 52.1 Å². The lowest BCUT2D eigenvalue weighted by Crippen LogP contribution is -2.37. The number of aliphatic hydroxyl groups is 1. The Bertz CT molecular complexity index is 721. The second-order valence-corrected chi connectivity index (χ2v) is 4.46. The number of carbonyl (C=O) groups excluding carboxylic acids is 1. The Morgan fingerprint density at radius 1 is 1.19 bits per heavy atom. The van der Waals surface area contributed by atoms with E-state index in [0.29, 0.717) is 5.56 Å². The molecule has 110 valence electrons.